The molecular weight excluding hydrogens is 532 g/mol. The molecule has 2 heterocycles. The Morgan fingerprint density at radius 2 is 1.21 bits per heavy atom. The summed E-state index contributed by atoms with van der Waals surface area (Å²) in [6.45, 7) is 9.80. The Morgan fingerprint density at radius 1 is 0.651 bits per heavy atom. The number of H-pyrrole nitrogens is 2. The van der Waals surface area contributed by atoms with E-state index in [1.54, 1.807) is 0 Å². The number of carbonyl (C=O) groups is 1. The fourth-order valence-corrected chi connectivity index (χ4v) is 6.13. The lowest BCUT2D eigenvalue weighted by molar-refractivity contribution is 0.0946. The molecule has 1 fully saturated rings. The summed E-state index contributed by atoms with van der Waals surface area (Å²) in [5.41, 5.74) is 5.12. The molecule has 0 radical (unpaired) electrons. The predicted octanol–water partition coefficient (Wildman–Crippen LogP) is 9.36. The Balaban J connectivity index is 0.000000167. The molecule has 7 rings (SSSR count). The van der Waals surface area contributed by atoms with Crippen LogP contribution in [0, 0.1) is 16.7 Å². The van der Waals surface area contributed by atoms with E-state index in [0.29, 0.717) is 13.2 Å². The first-order valence-electron chi connectivity index (χ1n) is 14.8. The summed E-state index contributed by atoms with van der Waals surface area (Å²) >= 11 is 0. The summed E-state index contributed by atoms with van der Waals surface area (Å²) in [6, 6.07) is 34.2. The van der Waals surface area contributed by atoms with Crippen LogP contribution in [0.25, 0.3) is 21.8 Å². The van der Waals surface area contributed by atoms with Crippen molar-refractivity contribution < 1.29 is 14.3 Å². The zero-order valence-corrected chi connectivity index (χ0v) is 25.2. The smallest absolute Gasteiger partial charge is 0.169 e. The van der Waals surface area contributed by atoms with Gasteiger partial charge in [0.1, 0.15) is 24.7 Å². The quantitative estimate of drug-likeness (QED) is 0.179. The van der Waals surface area contributed by atoms with Crippen molar-refractivity contribution in [3.63, 3.8) is 0 Å². The average Bonchev–Trinajstić information content (AvgIpc) is 3.49. The van der Waals surface area contributed by atoms with Crippen molar-refractivity contribution in [1.29, 1.82) is 0 Å². The highest BCUT2D eigenvalue weighted by molar-refractivity contribution is 6.12. The van der Waals surface area contributed by atoms with Crippen molar-refractivity contribution >= 4 is 27.6 Å². The van der Waals surface area contributed by atoms with Crippen molar-refractivity contribution in [2.45, 2.75) is 40.9 Å². The monoisotopic (exact) mass is 570 g/mol. The third-order valence-electron chi connectivity index (χ3n) is 9.25. The summed E-state index contributed by atoms with van der Waals surface area (Å²) in [5, 5.41) is 2.02. The molecule has 43 heavy (non-hydrogen) atoms. The molecule has 0 spiro atoms. The second kappa shape index (κ2) is 11.5. The standard InChI is InChI=1S/C23H25NO2.C15H13NO/c1-22(2)21(23(22,3)4)20(25)16-13-24-17-11-8-12-18(19(16)17)26-14-15-9-6-5-7-10-15;1-2-5-12(6-3-1)11-17-15-8-4-7-14-13(15)9-10-16-14/h5-13,21,24H,14H2,1-4H3;1-10,16H,11H2. The van der Waals surface area contributed by atoms with Gasteiger partial charge in [0.2, 0.25) is 0 Å². The minimum Gasteiger partial charge on any atom is -0.488 e. The number of hydrogen-bond acceptors (Lipinski definition) is 3. The number of aromatic amines is 2. The highest BCUT2D eigenvalue weighted by Gasteiger charge is 2.68. The van der Waals surface area contributed by atoms with Gasteiger partial charge in [-0.1, -0.05) is 100 Å². The molecule has 5 nitrogen and oxygen atoms in total. The van der Waals surface area contributed by atoms with Crippen molar-refractivity contribution in [3.8, 4) is 11.5 Å². The van der Waals surface area contributed by atoms with E-state index in [-0.39, 0.29) is 22.5 Å². The van der Waals surface area contributed by atoms with Crippen molar-refractivity contribution in [1.82, 2.24) is 9.97 Å². The van der Waals surface area contributed by atoms with E-state index in [1.807, 2.05) is 103 Å². The molecule has 4 aromatic carbocycles. The minimum absolute atomic E-state index is 0.0213. The third kappa shape index (κ3) is 5.55. The number of rotatable bonds is 8. The maximum atomic E-state index is 13.3. The summed E-state index contributed by atoms with van der Waals surface area (Å²) in [6.07, 6.45) is 3.77. The van der Waals surface area contributed by atoms with Crippen LogP contribution in [-0.2, 0) is 13.2 Å². The van der Waals surface area contributed by atoms with Gasteiger partial charge in [0.15, 0.2) is 5.78 Å². The van der Waals surface area contributed by atoms with Gasteiger partial charge in [0.25, 0.3) is 0 Å². The highest BCUT2D eigenvalue weighted by Crippen LogP contribution is 2.69. The molecule has 0 bridgehead atoms. The molecule has 0 aliphatic heterocycles. The number of carbonyl (C=O) groups excluding carboxylic acids is 1. The Hall–Kier alpha value is -4.77. The van der Waals surface area contributed by atoms with E-state index < -0.39 is 0 Å². The highest BCUT2D eigenvalue weighted by atomic mass is 16.5. The van der Waals surface area contributed by atoms with Gasteiger partial charge in [0, 0.05) is 40.3 Å². The van der Waals surface area contributed by atoms with E-state index in [1.165, 1.54) is 5.56 Å². The maximum Gasteiger partial charge on any atom is 0.169 e. The van der Waals surface area contributed by atoms with Gasteiger partial charge in [-0.3, -0.25) is 4.79 Å². The van der Waals surface area contributed by atoms with E-state index in [2.05, 4.69) is 49.8 Å². The van der Waals surface area contributed by atoms with Crippen LogP contribution in [0.1, 0.15) is 49.2 Å². The van der Waals surface area contributed by atoms with Crippen LogP contribution >= 0.6 is 0 Å². The van der Waals surface area contributed by atoms with Crippen LogP contribution in [0.3, 0.4) is 0 Å². The molecule has 1 aliphatic carbocycles. The summed E-state index contributed by atoms with van der Waals surface area (Å²) in [5.74, 6) is 1.93. The number of nitrogens with one attached hydrogen (secondary N) is 2. The maximum absolute atomic E-state index is 13.3. The topological polar surface area (TPSA) is 67.1 Å². The molecule has 5 heteroatoms. The van der Waals surface area contributed by atoms with Gasteiger partial charge < -0.3 is 19.4 Å². The number of fused-ring (bicyclic) bond motifs is 2. The van der Waals surface area contributed by atoms with E-state index in [0.717, 1.165) is 44.4 Å². The molecule has 2 aromatic heterocycles. The number of hydrogen-bond donors (Lipinski definition) is 2. The minimum atomic E-state index is 0.0213. The van der Waals surface area contributed by atoms with Crippen LogP contribution in [-0.4, -0.2) is 15.8 Å². The lowest BCUT2D eigenvalue weighted by atomic mass is 10.0. The zero-order valence-electron chi connectivity index (χ0n) is 25.2. The second-order valence-corrected chi connectivity index (χ2v) is 12.4. The van der Waals surface area contributed by atoms with E-state index in [9.17, 15) is 4.79 Å². The largest absolute Gasteiger partial charge is 0.488 e. The van der Waals surface area contributed by atoms with Crippen molar-refractivity contribution in [2.24, 2.45) is 16.7 Å². The SMILES string of the molecule is CC1(C)C(C(=O)c2c[nH]c3cccc(OCc4ccccc4)c23)C1(C)C.c1ccc(COc2cccc3[nH]ccc23)cc1. The van der Waals surface area contributed by atoms with Crippen LogP contribution in [0.4, 0.5) is 0 Å². The number of ether oxygens (including phenoxy) is 2. The molecular formula is C38H38N2O3. The molecule has 218 valence electrons. The fraction of sp³-hybridized carbons (Fsp3) is 0.237. The lowest BCUT2D eigenvalue weighted by Crippen LogP contribution is -2.07. The lowest BCUT2D eigenvalue weighted by Gasteiger charge is -2.09. The molecule has 2 N–H and O–H groups in total. The Labute approximate surface area is 252 Å². The molecule has 0 atom stereocenters. The number of ketones is 1. The Morgan fingerprint density at radius 3 is 1.81 bits per heavy atom. The normalized spacial score (nSPS) is 15.1. The Kier molecular flexibility index (Phi) is 7.57. The predicted molar refractivity (Wildman–Crippen MR) is 174 cm³/mol. The molecule has 0 unspecified atom stereocenters. The van der Waals surface area contributed by atoms with Crippen LogP contribution in [0.5, 0.6) is 11.5 Å². The zero-order chi connectivity index (χ0) is 30.0. The van der Waals surface area contributed by atoms with Gasteiger partial charge in [-0.05, 0) is 52.3 Å². The summed E-state index contributed by atoms with van der Waals surface area (Å²) in [4.78, 5) is 19.7. The number of aromatic nitrogens is 2. The van der Waals surface area contributed by atoms with Crippen LogP contribution < -0.4 is 9.47 Å². The summed E-state index contributed by atoms with van der Waals surface area (Å²) < 4.78 is 11.9. The molecule has 1 aliphatic rings. The molecule has 1 saturated carbocycles. The first-order chi connectivity index (χ1) is 20.8. The number of Topliss-reactive ketones (excluding diaryl/α,β-unsaturated/α-hetero) is 1. The van der Waals surface area contributed by atoms with Gasteiger partial charge in [0.05, 0.1) is 5.39 Å². The fourth-order valence-electron chi connectivity index (χ4n) is 6.13. The van der Waals surface area contributed by atoms with E-state index >= 15 is 0 Å². The Bertz CT molecular complexity index is 1830. The van der Waals surface area contributed by atoms with Gasteiger partial charge in [-0.25, -0.2) is 0 Å². The number of benzene rings is 4. The van der Waals surface area contributed by atoms with Crippen molar-refractivity contribution in [2.75, 3.05) is 0 Å². The van der Waals surface area contributed by atoms with Gasteiger partial charge in [-0.2, -0.15) is 0 Å². The van der Waals surface area contributed by atoms with Gasteiger partial charge >= 0.3 is 0 Å². The van der Waals surface area contributed by atoms with E-state index in [4.69, 9.17) is 9.47 Å². The molecule has 0 saturated heterocycles. The first kappa shape index (κ1) is 28.4. The average molecular weight is 571 g/mol. The first-order valence-corrected chi connectivity index (χ1v) is 14.8. The van der Waals surface area contributed by atoms with Crippen molar-refractivity contribution in [3.05, 3.63) is 132 Å². The van der Waals surface area contributed by atoms with Gasteiger partial charge in [-0.15, -0.1) is 0 Å². The summed E-state index contributed by atoms with van der Waals surface area (Å²) in [7, 11) is 0. The molecule has 0 amide bonds. The van der Waals surface area contributed by atoms with Crippen LogP contribution in [0.15, 0.2) is 116 Å². The second-order valence-electron chi connectivity index (χ2n) is 12.4. The third-order valence-corrected chi connectivity index (χ3v) is 9.25. The van der Waals surface area contributed by atoms with Crippen LogP contribution in [0.2, 0.25) is 0 Å². The molecule has 6 aromatic rings.